The second-order valence-electron chi connectivity index (χ2n) is 7.89. The molecule has 0 saturated carbocycles. The molecule has 0 bridgehead atoms. The van der Waals surface area contributed by atoms with Gasteiger partial charge in [-0.15, -0.1) is 0 Å². The van der Waals surface area contributed by atoms with E-state index in [-0.39, 0.29) is 18.2 Å². The number of benzene rings is 1. The van der Waals surface area contributed by atoms with Gasteiger partial charge in [0.05, 0.1) is 30.6 Å². The molecular formula is C24H26N4O2S. The summed E-state index contributed by atoms with van der Waals surface area (Å²) in [6.07, 6.45) is 6.43. The van der Waals surface area contributed by atoms with Gasteiger partial charge < -0.3 is 24.3 Å². The summed E-state index contributed by atoms with van der Waals surface area (Å²) in [6.45, 7) is 1.68. The molecule has 5 rings (SSSR count). The molecule has 0 amide bonds. The van der Waals surface area contributed by atoms with Crippen molar-refractivity contribution in [2.45, 2.75) is 37.6 Å². The summed E-state index contributed by atoms with van der Waals surface area (Å²) < 4.78 is 13.9. The van der Waals surface area contributed by atoms with Crippen LogP contribution in [0, 0.1) is 0 Å². The number of hydrogen-bond donors (Lipinski definition) is 1. The Labute approximate surface area is 187 Å². The normalized spacial score (nSPS) is 23.2. The van der Waals surface area contributed by atoms with Gasteiger partial charge in [-0.3, -0.25) is 4.98 Å². The Bertz CT molecular complexity index is 1050. The van der Waals surface area contributed by atoms with Crippen molar-refractivity contribution in [3.8, 4) is 5.75 Å². The number of hydrogen-bond acceptors (Lipinski definition) is 4. The van der Waals surface area contributed by atoms with Crippen LogP contribution in [-0.4, -0.2) is 34.5 Å². The summed E-state index contributed by atoms with van der Waals surface area (Å²) >= 11 is 5.84. The Morgan fingerprint density at radius 1 is 1.16 bits per heavy atom. The number of rotatable bonds is 6. The Morgan fingerprint density at radius 3 is 2.81 bits per heavy atom. The van der Waals surface area contributed by atoms with Gasteiger partial charge in [0.2, 0.25) is 0 Å². The van der Waals surface area contributed by atoms with E-state index in [1.165, 1.54) is 5.69 Å². The maximum absolute atomic E-state index is 5.92. The lowest BCUT2D eigenvalue weighted by atomic mass is 10.0. The molecular weight excluding hydrogens is 408 g/mol. The maximum atomic E-state index is 5.92. The molecule has 2 aliphatic rings. The summed E-state index contributed by atoms with van der Waals surface area (Å²) in [7, 11) is 1.69. The van der Waals surface area contributed by atoms with E-state index in [9.17, 15) is 0 Å². The van der Waals surface area contributed by atoms with Gasteiger partial charge in [0.1, 0.15) is 11.8 Å². The maximum Gasteiger partial charge on any atom is 0.174 e. The van der Waals surface area contributed by atoms with E-state index in [1.54, 1.807) is 7.11 Å². The summed E-state index contributed by atoms with van der Waals surface area (Å²) in [6, 6.07) is 18.1. The predicted octanol–water partition coefficient (Wildman–Crippen LogP) is 4.25. The first-order chi connectivity index (χ1) is 15.3. The van der Waals surface area contributed by atoms with Crippen molar-refractivity contribution in [1.82, 2.24) is 14.9 Å². The number of para-hydroxylation sites is 2. The van der Waals surface area contributed by atoms with E-state index in [0.29, 0.717) is 5.11 Å². The molecule has 6 nitrogen and oxygen atoms in total. The lowest BCUT2D eigenvalue weighted by Gasteiger charge is -2.30. The highest BCUT2D eigenvalue weighted by Crippen LogP contribution is 2.44. The number of anilines is 1. The summed E-state index contributed by atoms with van der Waals surface area (Å²) in [5, 5.41) is 4.19. The van der Waals surface area contributed by atoms with Crippen LogP contribution in [0.2, 0.25) is 0 Å². The largest absolute Gasteiger partial charge is 0.495 e. The predicted molar refractivity (Wildman–Crippen MR) is 124 cm³/mol. The lowest BCUT2D eigenvalue weighted by Crippen LogP contribution is -2.31. The molecule has 0 unspecified atom stereocenters. The molecule has 3 aromatic rings. The third-order valence-electron chi connectivity index (χ3n) is 6.03. The van der Waals surface area contributed by atoms with Crippen LogP contribution in [0.5, 0.6) is 5.75 Å². The molecule has 3 atom stereocenters. The number of thiocarbonyl (C=S) groups is 1. The van der Waals surface area contributed by atoms with E-state index < -0.39 is 0 Å². The van der Waals surface area contributed by atoms with Gasteiger partial charge in [0.15, 0.2) is 5.11 Å². The van der Waals surface area contributed by atoms with Gasteiger partial charge in [-0.1, -0.05) is 18.2 Å². The molecule has 31 heavy (non-hydrogen) atoms. The molecule has 0 spiro atoms. The molecule has 7 heteroatoms. The Morgan fingerprint density at radius 2 is 2.03 bits per heavy atom. The molecule has 0 aliphatic carbocycles. The van der Waals surface area contributed by atoms with Crippen LogP contribution in [0.15, 0.2) is 67.0 Å². The average Bonchev–Trinajstić information content (AvgIpc) is 3.55. The van der Waals surface area contributed by atoms with E-state index in [1.807, 2.05) is 48.7 Å². The molecule has 2 aromatic heterocycles. The number of nitrogens with zero attached hydrogens (tertiary/aromatic N) is 3. The number of aromatic nitrogens is 2. The van der Waals surface area contributed by atoms with E-state index >= 15 is 0 Å². The number of pyridine rings is 1. The summed E-state index contributed by atoms with van der Waals surface area (Å²) in [5.74, 6) is 0.788. The van der Waals surface area contributed by atoms with Crippen LogP contribution >= 0.6 is 12.2 Å². The average molecular weight is 435 g/mol. The lowest BCUT2D eigenvalue weighted by molar-refractivity contribution is 0.0961. The zero-order chi connectivity index (χ0) is 21.2. The SMILES string of the molecule is COc1ccccc1N1C(=S)N[C@H](c2ccccn2)[C@@H]1c1cccn1C[C@@H]1CCCO1. The zero-order valence-electron chi connectivity index (χ0n) is 17.5. The summed E-state index contributed by atoms with van der Waals surface area (Å²) in [4.78, 5) is 6.81. The Hall–Kier alpha value is -2.90. The van der Waals surface area contributed by atoms with Crippen molar-refractivity contribution in [3.05, 3.63) is 78.4 Å². The minimum atomic E-state index is -0.0863. The first-order valence-electron chi connectivity index (χ1n) is 10.7. The number of methoxy groups -OCH3 is 1. The Kier molecular flexibility index (Phi) is 5.61. The third kappa shape index (κ3) is 3.79. The van der Waals surface area contributed by atoms with Gasteiger partial charge >= 0.3 is 0 Å². The van der Waals surface area contributed by atoms with Gasteiger partial charge in [-0.05, 0) is 61.5 Å². The second-order valence-corrected chi connectivity index (χ2v) is 8.28. The van der Waals surface area contributed by atoms with Crippen molar-refractivity contribution < 1.29 is 9.47 Å². The molecule has 1 N–H and O–H groups in total. The van der Waals surface area contributed by atoms with Crippen LogP contribution < -0.4 is 15.0 Å². The molecule has 0 radical (unpaired) electrons. The van der Waals surface area contributed by atoms with E-state index in [4.69, 9.17) is 21.7 Å². The standard InChI is InChI=1S/C24H26N4O2S/c1-29-21-12-3-2-10-19(21)28-23(22(26-24(28)31)18-9-4-5-13-25-18)20-11-6-14-27(20)16-17-8-7-15-30-17/h2-6,9-14,17,22-23H,7-8,15-16H2,1H3,(H,26,31)/t17-,22+,23-/m0/s1. The number of nitrogens with one attached hydrogen (secondary N) is 1. The second kappa shape index (κ2) is 8.69. The van der Waals surface area contributed by atoms with Crippen molar-refractivity contribution in [1.29, 1.82) is 0 Å². The summed E-state index contributed by atoms with van der Waals surface area (Å²) in [5.41, 5.74) is 3.07. The fourth-order valence-electron chi connectivity index (χ4n) is 4.61. The van der Waals surface area contributed by atoms with Crippen molar-refractivity contribution in [3.63, 3.8) is 0 Å². The van der Waals surface area contributed by atoms with Gasteiger partial charge in [0, 0.05) is 31.2 Å². The fourth-order valence-corrected chi connectivity index (χ4v) is 4.95. The molecule has 160 valence electrons. The smallest absolute Gasteiger partial charge is 0.174 e. The third-order valence-corrected chi connectivity index (χ3v) is 6.35. The van der Waals surface area contributed by atoms with Crippen LogP contribution in [0.25, 0.3) is 0 Å². The molecule has 4 heterocycles. The topological polar surface area (TPSA) is 51.5 Å². The minimum absolute atomic E-state index is 0.0740. The van der Waals surface area contributed by atoms with Crippen molar-refractivity contribution in [2.75, 3.05) is 18.6 Å². The highest BCUT2D eigenvalue weighted by atomic mass is 32.1. The van der Waals surface area contributed by atoms with Crippen LogP contribution in [-0.2, 0) is 11.3 Å². The number of ether oxygens (including phenoxy) is 2. The molecule has 2 aliphatic heterocycles. The molecule has 2 saturated heterocycles. The fraction of sp³-hybridized carbons (Fsp3) is 0.333. The van der Waals surface area contributed by atoms with Gasteiger partial charge in [-0.25, -0.2) is 0 Å². The highest BCUT2D eigenvalue weighted by Gasteiger charge is 2.43. The highest BCUT2D eigenvalue weighted by molar-refractivity contribution is 7.80. The monoisotopic (exact) mass is 434 g/mol. The molecule has 2 fully saturated rings. The van der Waals surface area contributed by atoms with Crippen LogP contribution in [0.4, 0.5) is 5.69 Å². The molecule has 1 aromatic carbocycles. The minimum Gasteiger partial charge on any atom is -0.495 e. The van der Waals surface area contributed by atoms with Gasteiger partial charge in [-0.2, -0.15) is 0 Å². The first kappa shape index (κ1) is 20.0. The zero-order valence-corrected chi connectivity index (χ0v) is 18.3. The van der Waals surface area contributed by atoms with Crippen molar-refractivity contribution >= 4 is 23.0 Å². The quantitative estimate of drug-likeness (QED) is 0.586. The Balaban J connectivity index is 1.60. The van der Waals surface area contributed by atoms with Crippen LogP contribution in [0.1, 0.15) is 36.3 Å². The van der Waals surface area contributed by atoms with Crippen LogP contribution in [0.3, 0.4) is 0 Å². The first-order valence-corrected chi connectivity index (χ1v) is 11.1. The van der Waals surface area contributed by atoms with E-state index in [2.05, 4.69) is 38.1 Å². The van der Waals surface area contributed by atoms with Crippen molar-refractivity contribution in [2.24, 2.45) is 0 Å². The van der Waals surface area contributed by atoms with Gasteiger partial charge in [0.25, 0.3) is 0 Å². The van der Waals surface area contributed by atoms with E-state index in [0.717, 1.165) is 43.1 Å².